The molecule has 0 amide bonds. The maximum Gasteiger partial charge on any atom is 0.209 e. The van der Waals surface area contributed by atoms with Crippen molar-refractivity contribution in [1.29, 1.82) is 0 Å². The molecule has 0 bridgehead atoms. The van der Waals surface area contributed by atoms with E-state index >= 15 is 0 Å². The van der Waals surface area contributed by atoms with E-state index in [-0.39, 0.29) is 0 Å². The maximum absolute atomic E-state index is 2.50. The first-order valence-electron chi connectivity index (χ1n) is 9.05. The van der Waals surface area contributed by atoms with Gasteiger partial charge in [-0.1, -0.05) is 114 Å². The minimum absolute atomic E-state index is 0.693. The Morgan fingerprint density at radius 2 is 0.947 bits per heavy atom. The normalized spacial score (nSPS) is 14.3. The van der Waals surface area contributed by atoms with Crippen molar-refractivity contribution >= 4 is 15.2 Å². The molecule has 2 atom stereocenters. The first kappa shape index (κ1) is 19.5. The highest BCUT2D eigenvalue weighted by Gasteiger charge is 2.11. The van der Waals surface area contributed by atoms with Crippen LogP contribution < -0.4 is 0 Å². The second-order valence-corrected chi connectivity index (χ2v) is 9.21. The van der Waals surface area contributed by atoms with E-state index in [1.807, 2.05) is 0 Å². The van der Waals surface area contributed by atoms with Crippen LogP contribution >= 0.6 is 0 Å². The number of hydrogen-bond donors (Lipinski definition) is 0. The zero-order valence-corrected chi connectivity index (χ0v) is 15.4. The molecule has 0 aliphatic carbocycles. The second kappa shape index (κ2) is 14.9. The highest BCUT2D eigenvalue weighted by molar-refractivity contribution is 6.39. The lowest BCUT2D eigenvalue weighted by atomic mass is 10.1. The molecular formula is C18H38Al. The Morgan fingerprint density at radius 3 is 1.32 bits per heavy atom. The Hall–Kier alpha value is 0.532. The van der Waals surface area contributed by atoms with Crippen molar-refractivity contribution in [3.8, 4) is 0 Å². The Balaban J connectivity index is 3.34. The quantitative estimate of drug-likeness (QED) is 0.237. The second-order valence-electron chi connectivity index (χ2n) is 6.55. The van der Waals surface area contributed by atoms with E-state index in [0.717, 1.165) is 9.56 Å². The fourth-order valence-electron chi connectivity index (χ4n) is 2.89. The molecule has 0 saturated carbocycles. The summed E-state index contributed by atoms with van der Waals surface area (Å²) < 4.78 is 2.07. The van der Waals surface area contributed by atoms with Gasteiger partial charge in [0, 0.05) is 0 Å². The summed E-state index contributed by atoms with van der Waals surface area (Å²) in [6.45, 7) is 9.61. The van der Waals surface area contributed by atoms with Crippen molar-refractivity contribution in [3.63, 3.8) is 0 Å². The molecule has 0 fully saturated rings. The topological polar surface area (TPSA) is 0 Å². The third kappa shape index (κ3) is 14.7. The van der Waals surface area contributed by atoms with Crippen LogP contribution in [0.3, 0.4) is 0 Å². The Morgan fingerprint density at radius 1 is 0.579 bits per heavy atom. The number of hydrogen-bond acceptors (Lipinski definition) is 0. The summed E-state index contributed by atoms with van der Waals surface area (Å²) in [7, 11) is 0. The molecule has 0 spiro atoms. The van der Waals surface area contributed by atoms with E-state index in [1.165, 1.54) is 77.0 Å². The molecule has 2 unspecified atom stereocenters. The van der Waals surface area contributed by atoms with E-state index in [0.29, 0.717) is 15.2 Å². The Kier molecular flexibility index (Phi) is 15.4. The molecule has 0 aliphatic rings. The van der Waals surface area contributed by atoms with Crippen LogP contribution in [0.4, 0.5) is 0 Å². The molecule has 0 rings (SSSR count). The van der Waals surface area contributed by atoms with Gasteiger partial charge in [0.25, 0.3) is 0 Å². The summed E-state index contributed by atoms with van der Waals surface area (Å²) >= 11 is 0.693. The van der Waals surface area contributed by atoms with Crippen molar-refractivity contribution in [3.05, 3.63) is 0 Å². The van der Waals surface area contributed by atoms with E-state index in [2.05, 4.69) is 27.7 Å². The van der Waals surface area contributed by atoms with Gasteiger partial charge < -0.3 is 0 Å². The lowest BCUT2D eigenvalue weighted by Gasteiger charge is -2.15. The van der Waals surface area contributed by atoms with Crippen LogP contribution in [0, 0.1) is 0 Å². The van der Waals surface area contributed by atoms with Gasteiger partial charge in [0.2, 0.25) is 15.2 Å². The summed E-state index contributed by atoms with van der Waals surface area (Å²) in [6, 6.07) is 0. The van der Waals surface area contributed by atoms with E-state index < -0.39 is 0 Å². The van der Waals surface area contributed by atoms with Crippen LogP contribution in [0.25, 0.3) is 0 Å². The van der Waals surface area contributed by atoms with Crippen molar-refractivity contribution in [2.75, 3.05) is 0 Å². The summed E-state index contributed by atoms with van der Waals surface area (Å²) in [5.74, 6) is 0. The fraction of sp³-hybridized carbons (Fsp3) is 1.00. The SMILES string of the molecule is CCCCCCC[CH](C)[Al][CH](C)CCCCCCC. The summed E-state index contributed by atoms with van der Waals surface area (Å²) in [5, 5.41) is 0. The van der Waals surface area contributed by atoms with Crippen LogP contribution in [-0.4, -0.2) is 15.2 Å². The lowest BCUT2D eigenvalue weighted by molar-refractivity contribution is 0.585. The predicted octanol–water partition coefficient (Wildman–Crippen LogP) is 7.03. The largest absolute Gasteiger partial charge is 0.209 e. The third-order valence-corrected chi connectivity index (χ3v) is 6.16. The molecular weight excluding hydrogens is 243 g/mol. The van der Waals surface area contributed by atoms with Crippen LogP contribution in [0.5, 0.6) is 0 Å². The van der Waals surface area contributed by atoms with Gasteiger partial charge in [-0.2, -0.15) is 0 Å². The van der Waals surface area contributed by atoms with E-state index in [4.69, 9.17) is 0 Å². The molecule has 1 heteroatoms. The first-order valence-corrected chi connectivity index (χ1v) is 10.4. The van der Waals surface area contributed by atoms with Crippen LogP contribution in [-0.2, 0) is 0 Å². The number of unbranched alkanes of at least 4 members (excludes halogenated alkanes) is 8. The van der Waals surface area contributed by atoms with Crippen LogP contribution in [0.15, 0.2) is 0 Å². The molecule has 0 aromatic rings. The molecule has 0 aliphatic heterocycles. The predicted molar refractivity (Wildman–Crippen MR) is 91.4 cm³/mol. The molecule has 0 saturated heterocycles. The van der Waals surface area contributed by atoms with Gasteiger partial charge in [-0.25, -0.2) is 0 Å². The van der Waals surface area contributed by atoms with Crippen LogP contribution in [0.1, 0.15) is 105 Å². The van der Waals surface area contributed by atoms with Gasteiger partial charge in [-0.05, 0) is 0 Å². The first-order chi connectivity index (χ1) is 9.20. The van der Waals surface area contributed by atoms with Gasteiger partial charge in [0.1, 0.15) is 0 Å². The van der Waals surface area contributed by atoms with Gasteiger partial charge in [0.15, 0.2) is 0 Å². The minimum atomic E-state index is 0.693. The summed E-state index contributed by atoms with van der Waals surface area (Å²) in [5.41, 5.74) is 0. The smallest absolute Gasteiger partial charge is 0.0956 e. The highest BCUT2D eigenvalue weighted by Crippen LogP contribution is 2.23. The molecule has 113 valence electrons. The third-order valence-electron chi connectivity index (χ3n) is 4.18. The van der Waals surface area contributed by atoms with Crippen molar-refractivity contribution < 1.29 is 0 Å². The zero-order valence-electron chi connectivity index (χ0n) is 14.2. The minimum Gasteiger partial charge on any atom is -0.0956 e. The van der Waals surface area contributed by atoms with Gasteiger partial charge in [-0.3, -0.25) is 0 Å². The standard InChI is InChI=1S/2C9H19.Al/c2*1-3-5-7-9-8-6-4-2;/h2*3H,4-9H2,1-2H3;. The summed E-state index contributed by atoms with van der Waals surface area (Å²) in [6.07, 6.45) is 17.5. The van der Waals surface area contributed by atoms with Gasteiger partial charge in [0.05, 0.1) is 0 Å². The molecule has 0 heterocycles. The molecule has 1 radical (unpaired) electrons. The van der Waals surface area contributed by atoms with Crippen molar-refractivity contribution in [2.24, 2.45) is 0 Å². The monoisotopic (exact) mass is 281 g/mol. The average molecular weight is 281 g/mol. The van der Waals surface area contributed by atoms with Gasteiger partial charge >= 0.3 is 0 Å². The molecule has 19 heavy (non-hydrogen) atoms. The van der Waals surface area contributed by atoms with Gasteiger partial charge in [-0.15, -0.1) is 0 Å². The Bertz CT molecular complexity index is 149. The van der Waals surface area contributed by atoms with E-state index in [1.54, 1.807) is 0 Å². The molecule has 0 aromatic carbocycles. The Labute approximate surface area is 129 Å². The maximum atomic E-state index is 2.50. The lowest BCUT2D eigenvalue weighted by Crippen LogP contribution is -2.06. The number of rotatable bonds is 14. The summed E-state index contributed by atoms with van der Waals surface area (Å²) in [4.78, 5) is 0. The fourth-order valence-corrected chi connectivity index (χ4v) is 4.87. The molecule has 0 aromatic heterocycles. The van der Waals surface area contributed by atoms with Crippen molar-refractivity contribution in [2.45, 2.75) is 114 Å². The van der Waals surface area contributed by atoms with E-state index in [9.17, 15) is 0 Å². The average Bonchev–Trinajstić information content (AvgIpc) is 2.38. The zero-order chi connectivity index (χ0) is 14.3. The molecule has 0 nitrogen and oxygen atoms in total. The van der Waals surface area contributed by atoms with Crippen LogP contribution in [0.2, 0.25) is 9.56 Å². The molecule has 0 N–H and O–H groups in total. The highest BCUT2D eigenvalue weighted by atomic mass is 27.1. The van der Waals surface area contributed by atoms with Crippen molar-refractivity contribution in [1.82, 2.24) is 0 Å².